The van der Waals surface area contributed by atoms with Crippen molar-refractivity contribution in [1.29, 1.82) is 0 Å². The molecule has 0 bridgehead atoms. The zero-order valence-electron chi connectivity index (χ0n) is 25.5. The third-order valence-corrected chi connectivity index (χ3v) is 6.80. The van der Waals surface area contributed by atoms with Crippen LogP contribution in [0.15, 0.2) is 36.4 Å². The van der Waals surface area contributed by atoms with Crippen molar-refractivity contribution in [3.05, 3.63) is 64.5 Å². The van der Waals surface area contributed by atoms with E-state index in [0.29, 0.717) is 30.2 Å². The number of rotatable bonds is 6. The molecule has 11 heteroatoms. The van der Waals surface area contributed by atoms with Gasteiger partial charge in [-0.15, -0.1) is 0 Å². The molecule has 3 amide bonds. The largest absolute Gasteiger partial charge is 0.380 e. The van der Waals surface area contributed by atoms with Gasteiger partial charge in [-0.1, -0.05) is 59.7 Å². The number of amides is 3. The number of piperidine rings is 1. The molecule has 2 fully saturated rings. The molecule has 3 heterocycles. The maximum absolute atomic E-state index is 14.9. The lowest BCUT2D eigenvalue weighted by atomic mass is 10.0. The van der Waals surface area contributed by atoms with Crippen molar-refractivity contribution < 1.29 is 33.7 Å². The predicted molar refractivity (Wildman–Crippen MR) is 159 cm³/mol. The smallest absolute Gasteiger partial charge is 0.281 e. The highest BCUT2D eigenvalue weighted by molar-refractivity contribution is 6.06. The molecule has 3 aliphatic rings. The van der Waals surface area contributed by atoms with Crippen LogP contribution in [0.25, 0.3) is 0 Å². The van der Waals surface area contributed by atoms with Crippen LogP contribution < -0.4 is 10.6 Å². The first-order valence-electron chi connectivity index (χ1n) is 14.8. The number of anilines is 1. The van der Waals surface area contributed by atoms with E-state index in [9.17, 15) is 29.0 Å². The van der Waals surface area contributed by atoms with Gasteiger partial charge in [0.15, 0.2) is 0 Å². The van der Waals surface area contributed by atoms with Gasteiger partial charge in [0.1, 0.15) is 11.9 Å². The van der Waals surface area contributed by atoms with E-state index >= 15 is 0 Å². The molecular formula is C31H45FN4O6. The van der Waals surface area contributed by atoms with Crippen molar-refractivity contribution in [2.75, 3.05) is 31.6 Å². The molecule has 3 aliphatic heterocycles. The molecule has 0 radical (unpaired) electrons. The number of benzene rings is 2. The third-order valence-electron chi connectivity index (χ3n) is 6.80. The van der Waals surface area contributed by atoms with Crippen LogP contribution in [0.2, 0.25) is 0 Å². The molecule has 0 aromatic heterocycles. The second-order valence-electron chi connectivity index (χ2n) is 9.17. The number of imide groups is 1. The van der Waals surface area contributed by atoms with E-state index in [1.165, 1.54) is 12.1 Å². The van der Waals surface area contributed by atoms with E-state index < -0.39 is 35.5 Å². The van der Waals surface area contributed by atoms with Gasteiger partial charge in [-0.05, 0) is 30.2 Å². The molecule has 5 rings (SSSR count). The van der Waals surface area contributed by atoms with Crippen LogP contribution in [-0.2, 0) is 33.3 Å². The first-order valence-corrected chi connectivity index (χ1v) is 14.8. The standard InChI is InChI=1S/C25H27FN4O6.3C2H6/c26-18-12-15(14-29-8-10-36-11-9-29)4-5-16(18)13-27-19-3-1-2-17-22(19)25(34,35)30(24(17)33)20-6-7-21(31)28-23(20)32;3*1-2/h1-5,12,20,27,34-35H,6-11,13-14H2,(H,28,31,32);3*1-2H3. The summed E-state index contributed by atoms with van der Waals surface area (Å²) in [5.41, 5.74) is 1.32. The Morgan fingerprint density at radius 3 is 2.31 bits per heavy atom. The first-order chi connectivity index (χ1) is 20.3. The fourth-order valence-corrected chi connectivity index (χ4v) is 4.96. The molecule has 1 unspecified atom stereocenters. The number of hydrogen-bond acceptors (Lipinski definition) is 8. The van der Waals surface area contributed by atoms with Crippen LogP contribution in [0, 0.1) is 5.82 Å². The summed E-state index contributed by atoms with van der Waals surface area (Å²) in [6, 6.07) is 8.32. The molecule has 1 atom stereocenters. The first kappa shape index (κ1) is 34.8. The van der Waals surface area contributed by atoms with E-state index in [4.69, 9.17) is 4.74 Å². The number of hydrogen-bond donors (Lipinski definition) is 4. The van der Waals surface area contributed by atoms with Gasteiger partial charge in [-0.25, -0.2) is 4.39 Å². The number of morpholine rings is 1. The number of halogens is 1. The molecule has 2 aromatic rings. The van der Waals surface area contributed by atoms with Crippen molar-refractivity contribution in [3.8, 4) is 0 Å². The molecule has 0 aliphatic carbocycles. The topological polar surface area (TPSA) is 131 Å². The highest BCUT2D eigenvalue weighted by Gasteiger charge is 2.54. The van der Waals surface area contributed by atoms with Gasteiger partial charge in [0.2, 0.25) is 11.8 Å². The minimum Gasteiger partial charge on any atom is -0.380 e. The molecule has 0 spiro atoms. The summed E-state index contributed by atoms with van der Waals surface area (Å²) in [5, 5.41) is 27.1. The second kappa shape index (κ2) is 16.3. The summed E-state index contributed by atoms with van der Waals surface area (Å²) < 4.78 is 20.2. The zero-order valence-corrected chi connectivity index (χ0v) is 25.5. The number of carbonyl (C=O) groups excluding carboxylic acids is 3. The SMILES string of the molecule is CC.CC.CC.O=C1CCC(N2C(=O)c3cccc(NCc4ccc(CN5CCOCC5)cc4F)c3C2(O)O)C(=O)N1. The predicted octanol–water partition coefficient (Wildman–Crippen LogP) is 3.70. The Morgan fingerprint density at radius 1 is 1.02 bits per heavy atom. The van der Waals surface area contributed by atoms with Gasteiger partial charge in [0.25, 0.3) is 11.8 Å². The van der Waals surface area contributed by atoms with E-state index in [1.807, 2.05) is 47.6 Å². The molecule has 2 saturated heterocycles. The Morgan fingerprint density at radius 2 is 1.69 bits per heavy atom. The fraction of sp³-hybridized carbons (Fsp3) is 0.516. The summed E-state index contributed by atoms with van der Waals surface area (Å²) in [6.45, 7) is 15.6. The van der Waals surface area contributed by atoms with Crippen LogP contribution >= 0.6 is 0 Å². The number of ether oxygens (including phenoxy) is 1. The van der Waals surface area contributed by atoms with Crippen LogP contribution in [0.5, 0.6) is 0 Å². The van der Waals surface area contributed by atoms with E-state index in [-0.39, 0.29) is 36.2 Å². The average molecular weight is 589 g/mol. The normalized spacial score (nSPS) is 19.2. The van der Waals surface area contributed by atoms with Crippen LogP contribution in [0.3, 0.4) is 0 Å². The molecule has 232 valence electrons. The lowest BCUT2D eigenvalue weighted by molar-refractivity contribution is -0.258. The summed E-state index contributed by atoms with van der Waals surface area (Å²) in [4.78, 5) is 39.8. The Labute approximate surface area is 247 Å². The van der Waals surface area contributed by atoms with E-state index in [1.54, 1.807) is 18.2 Å². The second-order valence-corrected chi connectivity index (χ2v) is 9.17. The maximum atomic E-state index is 14.9. The van der Waals surface area contributed by atoms with Crippen molar-refractivity contribution >= 4 is 23.4 Å². The number of aliphatic hydroxyl groups is 2. The third kappa shape index (κ3) is 7.71. The molecular weight excluding hydrogens is 543 g/mol. The highest BCUT2D eigenvalue weighted by atomic mass is 19.1. The number of fused-ring (bicyclic) bond motifs is 1. The van der Waals surface area contributed by atoms with Gasteiger partial charge >= 0.3 is 0 Å². The van der Waals surface area contributed by atoms with Crippen molar-refractivity contribution in [2.45, 2.75) is 79.4 Å². The molecule has 42 heavy (non-hydrogen) atoms. The summed E-state index contributed by atoms with van der Waals surface area (Å²) >= 11 is 0. The van der Waals surface area contributed by atoms with Crippen LogP contribution in [0.4, 0.5) is 10.1 Å². The highest BCUT2D eigenvalue weighted by Crippen LogP contribution is 2.42. The Kier molecular flexibility index (Phi) is 13.5. The Hall–Kier alpha value is -3.38. The monoisotopic (exact) mass is 588 g/mol. The maximum Gasteiger partial charge on any atom is 0.281 e. The summed E-state index contributed by atoms with van der Waals surface area (Å²) in [6.07, 6.45) is -0.0590. The summed E-state index contributed by atoms with van der Waals surface area (Å²) in [5.74, 6) is -5.19. The Bertz CT molecular complexity index is 1220. The van der Waals surface area contributed by atoms with Gasteiger partial charge < -0.3 is 20.3 Å². The molecule has 2 aromatic carbocycles. The zero-order chi connectivity index (χ0) is 31.4. The lowest BCUT2D eigenvalue weighted by Gasteiger charge is -2.36. The number of nitrogens with zero attached hydrogens (tertiary/aromatic N) is 2. The van der Waals surface area contributed by atoms with Gasteiger partial charge in [-0.2, -0.15) is 0 Å². The van der Waals surface area contributed by atoms with Crippen molar-refractivity contribution in [2.24, 2.45) is 0 Å². The lowest BCUT2D eigenvalue weighted by Crippen LogP contribution is -2.58. The average Bonchev–Trinajstić information content (AvgIpc) is 3.21. The molecule has 10 nitrogen and oxygen atoms in total. The van der Waals surface area contributed by atoms with E-state index in [2.05, 4.69) is 15.5 Å². The Balaban J connectivity index is 0.000000966. The quantitative estimate of drug-likeness (QED) is 0.297. The summed E-state index contributed by atoms with van der Waals surface area (Å²) in [7, 11) is 0. The molecule has 4 N–H and O–H groups in total. The minimum atomic E-state index is -2.79. The van der Waals surface area contributed by atoms with Crippen molar-refractivity contribution in [3.63, 3.8) is 0 Å². The number of carbonyl (C=O) groups is 3. The van der Waals surface area contributed by atoms with Gasteiger partial charge in [-0.3, -0.25) is 29.5 Å². The van der Waals surface area contributed by atoms with Gasteiger partial charge in [0, 0.05) is 43.9 Å². The van der Waals surface area contributed by atoms with E-state index in [0.717, 1.165) is 18.7 Å². The van der Waals surface area contributed by atoms with Crippen LogP contribution in [0.1, 0.15) is 81.4 Å². The molecule has 0 saturated carbocycles. The van der Waals surface area contributed by atoms with Gasteiger partial charge in [0.05, 0.1) is 24.3 Å². The van der Waals surface area contributed by atoms with Crippen molar-refractivity contribution in [1.82, 2.24) is 15.1 Å². The number of nitrogens with one attached hydrogen (secondary N) is 2. The van der Waals surface area contributed by atoms with Crippen LogP contribution in [-0.4, -0.2) is 70.1 Å². The minimum absolute atomic E-state index is 0.0102. The fourth-order valence-electron chi connectivity index (χ4n) is 4.96.